The first kappa shape index (κ1) is 15.3. The first-order chi connectivity index (χ1) is 9.56. The van der Waals surface area contributed by atoms with Crippen LogP contribution in [0.5, 0.6) is 0 Å². The van der Waals surface area contributed by atoms with Gasteiger partial charge in [0.25, 0.3) is 5.91 Å². The lowest BCUT2D eigenvalue weighted by Crippen LogP contribution is -2.47. The smallest absolute Gasteiger partial charge is 0.250 e. The molecule has 1 aromatic rings. The Morgan fingerprint density at radius 3 is 2.85 bits per heavy atom. The Hall–Kier alpha value is -1.07. The van der Waals surface area contributed by atoms with Crippen LogP contribution in [0.2, 0.25) is 0 Å². The minimum Gasteiger partial charge on any atom is -0.367 e. The second-order valence-corrected chi connectivity index (χ2v) is 6.32. The maximum Gasteiger partial charge on any atom is 0.250 e. The number of primary amides is 1. The van der Waals surface area contributed by atoms with Gasteiger partial charge in [0.2, 0.25) is 0 Å². The zero-order valence-electron chi connectivity index (χ0n) is 11.8. The van der Waals surface area contributed by atoms with Crippen molar-refractivity contribution in [2.24, 2.45) is 17.4 Å². The normalized spacial score (nSPS) is 22.9. The predicted octanol–water partition coefficient (Wildman–Crippen LogP) is 2.50. The lowest BCUT2D eigenvalue weighted by Gasteiger charge is -2.41. The van der Waals surface area contributed by atoms with Crippen molar-refractivity contribution in [1.82, 2.24) is 0 Å². The highest BCUT2D eigenvalue weighted by Crippen LogP contribution is 2.33. The van der Waals surface area contributed by atoms with Crippen LogP contribution in [-0.2, 0) is 0 Å². The Morgan fingerprint density at radius 2 is 2.25 bits per heavy atom. The highest BCUT2D eigenvalue weighted by molar-refractivity contribution is 9.10. The highest BCUT2D eigenvalue weighted by Gasteiger charge is 2.29. The van der Waals surface area contributed by atoms with Gasteiger partial charge in [-0.25, -0.2) is 0 Å². The number of carbonyl (C=O) groups excluding carboxylic acids is 1. The van der Waals surface area contributed by atoms with Gasteiger partial charge in [0.15, 0.2) is 0 Å². The molecular formula is C15H22BrN3O. The van der Waals surface area contributed by atoms with Crippen molar-refractivity contribution in [2.75, 3.05) is 18.0 Å². The minimum atomic E-state index is -0.388. The Bertz CT molecular complexity index is 492. The largest absolute Gasteiger partial charge is 0.367 e. The van der Waals surface area contributed by atoms with Crippen molar-refractivity contribution in [3.63, 3.8) is 0 Å². The monoisotopic (exact) mass is 339 g/mol. The van der Waals surface area contributed by atoms with Crippen LogP contribution in [-0.4, -0.2) is 25.0 Å². The molecule has 1 saturated heterocycles. The number of benzene rings is 1. The Labute approximate surface area is 128 Å². The summed E-state index contributed by atoms with van der Waals surface area (Å²) < 4.78 is 0.950. The second kappa shape index (κ2) is 6.59. The Morgan fingerprint density at radius 1 is 1.50 bits per heavy atom. The van der Waals surface area contributed by atoms with E-state index in [9.17, 15) is 4.79 Å². The third kappa shape index (κ3) is 3.15. The summed E-state index contributed by atoms with van der Waals surface area (Å²) >= 11 is 3.47. The van der Waals surface area contributed by atoms with E-state index < -0.39 is 0 Å². The van der Waals surface area contributed by atoms with Crippen molar-refractivity contribution >= 4 is 27.5 Å². The van der Waals surface area contributed by atoms with E-state index in [0.717, 1.165) is 35.5 Å². The molecule has 0 aliphatic carbocycles. The van der Waals surface area contributed by atoms with Gasteiger partial charge in [-0.2, -0.15) is 0 Å². The lowest BCUT2D eigenvalue weighted by molar-refractivity contribution is 0.100. The zero-order valence-corrected chi connectivity index (χ0v) is 13.4. The van der Waals surface area contributed by atoms with Crippen molar-refractivity contribution in [3.8, 4) is 0 Å². The molecule has 0 spiro atoms. The van der Waals surface area contributed by atoms with Gasteiger partial charge in [-0.05, 0) is 37.0 Å². The van der Waals surface area contributed by atoms with E-state index in [0.29, 0.717) is 12.1 Å². The quantitative estimate of drug-likeness (QED) is 0.885. The van der Waals surface area contributed by atoms with E-state index in [1.807, 2.05) is 12.1 Å². The van der Waals surface area contributed by atoms with Crippen LogP contribution in [0.1, 0.15) is 36.5 Å². The van der Waals surface area contributed by atoms with Crippen molar-refractivity contribution in [1.29, 1.82) is 0 Å². The van der Waals surface area contributed by atoms with E-state index in [1.165, 1.54) is 6.42 Å². The number of halogens is 1. The van der Waals surface area contributed by atoms with Gasteiger partial charge >= 0.3 is 0 Å². The average molecular weight is 340 g/mol. The topological polar surface area (TPSA) is 72.3 Å². The third-order valence-corrected chi connectivity index (χ3v) is 4.70. The summed E-state index contributed by atoms with van der Waals surface area (Å²) in [5.74, 6) is 0.338. The molecule has 2 rings (SSSR count). The number of amides is 1. The number of hydrogen-bond acceptors (Lipinski definition) is 3. The van der Waals surface area contributed by atoms with Crippen LogP contribution in [0.15, 0.2) is 22.7 Å². The fourth-order valence-corrected chi connectivity index (χ4v) is 3.35. The number of piperidine rings is 1. The molecular weight excluding hydrogens is 318 g/mol. The zero-order chi connectivity index (χ0) is 14.7. The molecule has 0 saturated carbocycles. The molecule has 0 radical (unpaired) electrons. The fourth-order valence-electron chi connectivity index (χ4n) is 3.00. The molecule has 1 aliphatic heterocycles. The molecule has 1 amide bonds. The van der Waals surface area contributed by atoms with Gasteiger partial charge in [-0.3, -0.25) is 4.79 Å². The second-order valence-electron chi connectivity index (χ2n) is 5.41. The third-order valence-electron chi connectivity index (χ3n) is 4.21. The van der Waals surface area contributed by atoms with E-state index >= 15 is 0 Å². The number of nitrogens with zero attached hydrogens (tertiary/aromatic N) is 1. The van der Waals surface area contributed by atoms with Gasteiger partial charge < -0.3 is 16.4 Å². The molecule has 110 valence electrons. The highest BCUT2D eigenvalue weighted by atomic mass is 79.9. The number of hydrogen-bond donors (Lipinski definition) is 2. The molecule has 0 bridgehead atoms. The molecule has 1 heterocycles. The predicted molar refractivity (Wildman–Crippen MR) is 85.9 cm³/mol. The molecule has 2 atom stereocenters. The molecule has 4 nitrogen and oxygen atoms in total. The molecule has 0 aromatic heterocycles. The summed E-state index contributed by atoms with van der Waals surface area (Å²) in [5, 5.41) is 0. The Balaban J connectivity index is 2.34. The Kier molecular flexibility index (Phi) is 5.05. The number of anilines is 1. The molecule has 1 aliphatic rings. The van der Waals surface area contributed by atoms with Gasteiger partial charge in [-0.1, -0.05) is 29.3 Å². The van der Waals surface area contributed by atoms with Crippen molar-refractivity contribution in [2.45, 2.75) is 32.2 Å². The van der Waals surface area contributed by atoms with Gasteiger partial charge in [-0.15, -0.1) is 0 Å². The number of carbonyl (C=O) groups is 1. The molecule has 5 heteroatoms. The van der Waals surface area contributed by atoms with E-state index in [-0.39, 0.29) is 11.9 Å². The lowest BCUT2D eigenvalue weighted by atomic mass is 9.88. The summed E-state index contributed by atoms with van der Waals surface area (Å²) in [4.78, 5) is 13.9. The molecule has 1 fully saturated rings. The maximum atomic E-state index is 11.6. The van der Waals surface area contributed by atoms with Crippen LogP contribution in [0.25, 0.3) is 0 Å². The van der Waals surface area contributed by atoms with Crippen LogP contribution >= 0.6 is 15.9 Å². The summed E-state index contributed by atoms with van der Waals surface area (Å²) in [6.45, 7) is 3.75. The molecule has 4 N–H and O–H groups in total. The van der Waals surface area contributed by atoms with E-state index in [4.69, 9.17) is 11.5 Å². The van der Waals surface area contributed by atoms with Crippen LogP contribution in [0, 0.1) is 5.92 Å². The maximum absolute atomic E-state index is 11.6. The summed E-state index contributed by atoms with van der Waals surface area (Å²) in [7, 11) is 0. The van der Waals surface area contributed by atoms with Crippen molar-refractivity contribution in [3.05, 3.63) is 28.2 Å². The van der Waals surface area contributed by atoms with Gasteiger partial charge in [0, 0.05) is 23.6 Å². The van der Waals surface area contributed by atoms with Crippen molar-refractivity contribution < 1.29 is 4.79 Å². The number of rotatable bonds is 4. The first-order valence-corrected chi connectivity index (χ1v) is 7.92. The molecule has 20 heavy (non-hydrogen) atoms. The standard InChI is InChI=1S/C15H22BrN3O/c1-2-10-5-6-19(12(7-10)9-17)14-8-11(16)3-4-13(14)15(18)20/h3-4,8,10,12H,2,5-7,9,17H2,1H3,(H2,18,20). The summed E-state index contributed by atoms with van der Waals surface area (Å²) in [6.07, 6.45) is 3.40. The van der Waals surface area contributed by atoms with Crippen LogP contribution in [0.3, 0.4) is 0 Å². The summed E-state index contributed by atoms with van der Waals surface area (Å²) in [5.41, 5.74) is 12.9. The summed E-state index contributed by atoms with van der Waals surface area (Å²) in [6, 6.07) is 5.87. The van der Waals surface area contributed by atoms with Gasteiger partial charge in [0.05, 0.1) is 11.3 Å². The first-order valence-electron chi connectivity index (χ1n) is 7.12. The van der Waals surface area contributed by atoms with E-state index in [1.54, 1.807) is 6.07 Å². The van der Waals surface area contributed by atoms with Crippen LogP contribution in [0.4, 0.5) is 5.69 Å². The van der Waals surface area contributed by atoms with E-state index in [2.05, 4.69) is 27.8 Å². The molecule has 1 aromatic carbocycles. The minimum absolute atomic E-state index is 0.279. The van der Waals surface area contributed by atoms with Gasteiger partial charge in [0.1, 0.15) is 0 Å². The van der Waals surface area contributed by atoms with Crippen LogP contribution < -0.4 is 16.4 Å². The molecule has 2 unspecified atom stereocenters. The average Bonchev–Trinajstić information content (AvgIpc) is 2.46. The fraction of sp³-hybridized carbons (Fsp3) is 0.533. The number of nitrogens with two attached hydrogens (primary N) is 2. The SMILES string of the molecule is CCC1CCN(c2cc(Br)ccc2C(N)=O)C(CN)C1.